The number of fused-ring (bicyclic) bond motifs is 9. The first-order valence-electron chi connectivity index (χ1n) is 15.4. The Hall–Kier alpha value is -5.91. The standard InChI is InChI=1S/C41H24N4S/c1-3-12-26(13-4-1)39-42-40(27-14-5-2-6-15-27)44-41(43-39)45-35-22-29-17-8-7-16-28(29)21-32(35)33-23-34-31-20-19-25-11-9-10-18-30(25)38(31)46-37(34)24-36(33)45/h1-24H. The summed E-state index contributed by atoms with van der Waals surface area (Å²) < 4.78 is 4.80. The summed E-state index contributed by atoms with van der Waals surface area (Å²) in [6.07, 6.45) is 0. The molecule has 3 heterocycles. The molecule has 214 valence electrons. The lowest BCUT2D eigenvalue weighted by Gasteiger charge is -2.11. The average Bonchev–Trinajstić information content (AvgIpc) is 3.64. The second-order valence-electron chi connectivity index (χ2n) is 11.7. The first-order chi connectivity index (χ1) is 22.8. The Morgan fingerprint density at radius 3 is 1.72 bits per heavy atom. The van der Waals surface area contributed by atoms with Gasteiger partial charge in [-0.15, -0.1) is 11.3 Å². The Kier molecular flexibility index (Phi) is 5.41. The van der Waals surface area contributed by atoms with E-state index in [9.17, 15) is 0 Å². The minimum Gasteiger partial charge on any atom is -0.278 e. The molecule has 0 bridgehead atoms. The second kappa shape index (κ2) is 9.80. The van der Waals surface area contributed by atoms with E-state index >= 15 is 0 Å². The van der Waals surface area contributed by atoms with Gasteiger partial charge in [0.05, 0.1) is 11.0 Å². The maximum atomic E-state index is 5.16. The lowest BCUT2D eigenvalue weighted by molar-refractivity contribution is 0.954. The molecule has 7 aromatic carbocycles. The molecule has 0 atom stereocenters. The van der Waals surface area contributed by atoms with E-state index < -0.39 is 0 Å². The van der Waals surface area contributed by atoms with E-state index in [-0.39, 0.29) is 0 Å². The van der Waals surface area contributed by atoms with Crippen molar-refractivity contribution in [3.05, 3.63) is 146 Å². The Labute approximate surface area is 267 Å². The Bertz CT molecular complexity index is 2740. The van der Waals surface area contributed by atoms with Gasteiger partial charge in [0.25, 0.3) is 0 Å². The van der Waals surface area contributed by atoms with Gasteiger partial charge in [0.15, 0.2) is 11.6 Å². The molecule has 46 heavy (non-hydrogen) atoms. The van der Waals surface area contributed by atoms with Gasteiger partial charge in [-0.1, -0.05) is 121 Å². The van der Waals surface area contributed by atoms with Crippen LogP contribution >= 0.6 is 11.3 Å². The molecule has 0 unspecified atom stereocenters. The van der Waals surface area contributed by atoms with E-state index in [1.165, 1.54) is 52.5 Å². The highest BCUT2D eigenvalue weighted by Crippen LogP contribution is 2.43. The van der Waals surface area contributed by atoms with Crippen molar-refractivity contribution in [1.29, 1.82) is 0 Å². The molecule has 0 saturated heterocycles. The quantitative estimate of drug-likeness (QED) is 0.201. The molecule has 0 aliphatic rings. The van der Waals surface area contributed by atoms with Crippen molar-refractivity contribution in [2.75, 3.05) is 0 Å². The number of aromatic nitrogens is 4. The van der Waals surface area contributed by atoms with Gasteiger partial charge in [0.2, 0.25) is 5.95 Å². The first-order valence-corrected chi connectivity index (χ1v) is 16.2. The minimum atomic E-state index is 0.605. The van der Waals surface area contributed by atoms with Crippen LogP contribution in [0, 0.1) is 0 Å². The molecular formula is C41H24N4S. The monoisotopic (exact) mass is 604 g/mol. The fourth-order valence-electron chi connectivity index (χ4n) is 6.81. The number of rotatable bonds is 3. The summed E-state index contributed by atoms with van der Waals surface area (Å²) >= 11 is 1.86. The van der Waals surface area contributed by atoms with E-state index in [1.807, 2.05) is 47.7 Å². The molecule has 0 N–H and O–H groups in total. The smallest absolute Gasteiger partial charge is 0.238 e. The molecule has 0 fully saturated rings. The van der Waals surface area contributed by atoms with Crippen LogP contribution in [0.25, 0.3) is 92.2 Å². The van der Waals surface area contributed by atoms with Crippen molar-refractivity contribution >= 4 is 74.9 Å². The van der Waals surface area contributed by atoms with E-state index in [0.29, 0.717) is 17.6 Å². The van der Waals surface area contributed by atoms with Crippen LogP contribution in [-0.2, 0) is 0 Å². The van der Waals surface area contributed by atoms with Crippen LogP contribution in [0.5, 0.6) is 0 Å². The summed E-state index contributed by atoms with van der Waals surface area (Å²) in [5, 5.41) is 9.87. The zero-order chi connectivity index (χ0) is 30.2. The Morgan fingerprint density at radius 2 is 1.00 bits per heavy atom. The minimum absolute atomic E-state index is 0.605. The normalized spacial score (nSPS) is 11.9. The van der Waals surface area contributed by atoms with Crippen molar-refractivity contribution in [3.8, 4) is 28.7 Å². The van der Waals surface area contributed by atoms with Crippen LogP contribution in [0.1, 0.15) is 0 Å². The summed E-state index contributed by atoms with van der Waals surface area (Å²) in [6.45, 7) is 0. The summed E-state index contributed by atoms with van der Waals surface area (Å²) in [5.74, 6) is 1.90. The first kappa shape index (κ1) is 25.4. The molecule has 10 aromatic rings. The van der Waals surface area contributed by atoms with Crippen molar-refractivity contribution in [1.82, 2.24) is 19.5 Å². The zero-order valence-corrected chi connectivity index (χ0v) is 25.4. The fraction of sp³-hybridized carbons (Fsp3) is 0. The Balaban J connectivity index is 1.34. The van der Waals surface area contributed by atoms with Gasteiger partial charge < -0.3 is 0 Å². The van der Waals surface area contributed by atoms with Gasteiger partial charge in [-0.3, -0.25) is 4.57 Å². The van der Waals surface area contributed by atoms with E-state index in [1.54, 1.807) is 0 Å². The van der Waals surface area contributed by atoms with Crippen LogP contribution in [-0.4, -0.2) is 19.5 Å². The maximum absolute atomic E-state index is 5.16. The molecule has 3 aromatic heterocycles. The molecule has 0 aliphatic heterocycles. The third kappa shape index (κ3) is 3.82. The third-order valence-electron chi connectivity index (χ3n) is 9.00. The summed E-state index contributed by atoms with van der Waals surface area (Å²) in [4.78, 5) is 15.3. The van der Waals surface area contributed by atoms with Gasteiger partial charge in [-0.05, 0) is 45.8 Å². The summed E-state index contributed by atoms with van der Waals surface area (Å²) in [6, 6.07) is 51.4. The lowest BCUT2D eigenvalue weighted by atomic mass is 10.0. The average molecular weight is 605 g/mol. The van der Waals surface area contributed by atoms with Gasteiger partial charge in [-0.2, -0.15) is 9.97 Å². The predicted molar refractivity (Wildman–Crippen MR) is 193 cm³/mol. The van der Waals surface area contributed by atoms with Crippen molar-refractivity contribution in [3.63, 3.8) is 0 Å². The second-order valence-corrected chi connectivity index (χ2v) is 12.7. The van der Waals surface area contributed by atoms with Crippen LogP contribution in [0.3, 0.4) is 0 Å². The largest absolute Gasteiger partial charge is 0.278 e. The van der Waals surface area contributed by atoms with Gasteiger partial charge >= 0.3 is 0 Å². The number of hydrogen-bond acceptors (Lipinski definition) is 4. The lowest BCUT2D eigenvalue weighted by Crippen LogP contribution is -2.06. The number of benzene rings is 7. The third-order valence-corrected chi connectivity index (χ3v) is 10.2. The van der Waals surface area contributed by atoms with Crippen molar-refractivity contribution < 1.29 is 0 Å². The van der Waals surface area contributed by atoms with Gasteiger partial charge in [-0.25, -0.2) is 4.98 Å². The number of hydrogen-bond donors (Lipinski definition) is 0. The predicted octanol–water partition coefficient (Wildman–Crippen LogP) is 11.0. The summed E-state index contributed by atoms with van der Waals surface area (Å²) in [5.41, 5.74) is 4.06. The molecule has 5 heteroatoms. The topological polar surface area (TPSA) is 43.6 Å². The molecule has 0 spiro atoms. The molecule has 10 rings (SSSR count). The van der Waals surface area contributed by atoms with Crippen molar-refractivity contribution in [2.45, 2.75) is 0 Å². The highest BCUT2D eigenvalue weighted by Gasteiger charge is 2.20. The van der Waals surface area contributed by atoms with E-state index in [0.717, 1.165) is 22.2 Å². The van der Waals surface area contributed by atoms with E-state index in [2.05, 4.69) is 114 Å². The van der Waals surface area contributed by atoms with Gasteiger partial charge in [0, 0.05) is 42.1 Å². The number of nitrogens with zero attached hydrogens (tertiary/aromatic N) is 4. The van der Waals surface area contributed by atoms with E-state index in [4.69, 9.17) is 15.0 Å². The van der Waals surface area contributed by atoms with Crippen LogP contribution in [0.2, 0.25) is 0 Å². The molecule has 4 nitrogen and oxygen atoms in total. The molecule has 0 radical (unpaired) electrons. The summed E-state index contributed by atoms with van der Waals surface area (Å²) in [7, 11) is 0. The van der Waals surface area contributed by atoms with Crippen LogP contribution < -0.4 is 0 Å². The van der Waals surface area contributed by atoms with Crippen LogP contribution in [0.15, 0.2) is 146 Å². The molecule has 0 aliphatic carbocycles. The Morgan fingerprint density at radius 1 is 0.413 bits per heavy atom. The van der Waals surface area contributed by atoms with Crippen molar-refractivity contribution in [2.24, 2.45) is 0 Å². The highest BCUT2D eigenvalue weighted by molar-refractivity contribution is 7.26. The molecular weight excluding hydrogens is 581 g/mol. The fourth-order valence-corrected chi connectivity index (χ4v) is 8.06. The molecule has 0 saturated carbocycles. The maximum Gasteiger partial charge on any atom is 0.238 e. The SMILES string of the molecule is c1ccc(-c2nc(-c3ccccc3)nc(-n3c4cc5ccccc5cc4c4cc5c(cc43)sc3c4ccccc4ccc53)n2)cc1. The number of thiophene rings is 1. The van der Waals surface area contributed by atoms with Gasteiger partial charge in [0.1, 0.15) is 0 Å². The highest BCUT2D eigenvalue weighted by atomic mass is 32.1. The molecule has 0 amide bonds. The zero-order valence-electron chi connectivity index (χ0n) is 24.6. The van der Waals surface area contributed by atoms with Crippen LogP contribution in [0.4, 0.5) is 0 Å².